The average Bonchev–Trinajstić information content (AvgIpc) is 2.57. The van der Waals surface area contributed by atoms with Crippen molar-refractivity contribution in [2.24, 2.45) is 17.8 Å². The number of rotatable bonds is 4. The van der Waals surface area contributed by atoms with E-state index in [1.54, 1.807) is 4.90 Å². The van der Waals surface area contributed by atoms with Crippen molar-refractivity contribution in [1.82, 2.24) is 10.2 Å². The summed E-state index contributed by atoms with van der Waals surface area (Å²) in [6.45, 7) is 6.75. The van der Waals surface area contributed by atoms with E-state index in [2.05, 4.69) is 19.2 Å². The quantitative estimate of drug-likeness (QED) is 0.792. The number of esters is 1. The standard InChI is InChI=1S/C18H30N2O4/c1-12-6-4-8-16(13(12)2)19-17(22)11-24-18(23)15-7-5-9-20(10-15)14(3)21/h12-13,15-16H,4-11H2,1-3H3,(H,19,22)/t12-,13+,15-,16+/m0/s1. The van der Waals surface area contributed by atoms with Crippen LogP contribution in [0.1, 0.15) is 52.9 Å². The first-order valence-electron chi connectivity index (χ1n) is 9.10. The molecule has 0 aromatic rings. The molecule has 0 aromatic carbocycles. The molecule has 0 aromatic heterocycles. The van der Waals surface area contributed by atoms with Gasteiger partial charge in [-0.3, -0.25) is 14.4 Å². The summed E-state index contributed by atoms with van der Waals surface area (Å²) in [5.41, 5.74) is 0. The molecule has 0 bridgehead atoms. The van der Waals surface area contributed by atoms with Crippen LogP contribution in [0, 0.1) is 17.8 Å². The van der Waals surface area contributed by atoms with Crippen molar-refractivity contribution in [1.29, 1.82) is 0 Å². The molecule has 2 amide bonds. The minimum absolute atomic E-state index is 0.0225. The Kier molecular flexibility index (Phi) is 6.63. The fourth-order valence-corrected chi connectivity index (χ4v) is 3.74. The first-order valence-corrected chi connectivity index (χ1v) is 9.10. The van der Waals surface area contributed by atoms with Crippen molar-refractivity contribution in [3.63, 3.8) is 0 Å². The Balaban J connectivity index is 1.75. The molecule has 2 fully saturated rings. The highest BCUT2D eigenvalue weighted by Gasteiger charge is 2.30. The van der Waals surface area contributed by atoms with E-state index in [0.717, 1.165) is 19.3 Å². The highest BCUT2D eigenvalue weighted by atomic mass is 16.5. The topological polar surface area (TPSA) is 75.7 Å². The maximum absolute atomic E-state index is 12.1. The van der Waals surface area contributed by atoms with E-state index in [9.17, 15) is 14.4 Å². The number of ether oxygens (including phenoxy) is 1. The first-order chi connectivity index (χ1) is 11.4. The zero-order valence-corrected chi connectivity index (χ0v) is 15.0. The molecule has 6 heteroatoms. The molecule has 1 heterocycles. The number of piperidine rings is 1. The fourth-order valence-electron chi connectivity index (χ4n) is 3.74. The fraction of sp³-hybridized carbons (Fsp3) is 0.833. The van der Waals surface area contributed by atoms with E-state index >= 15 is 0 Å². The third kappa shape index (κ3) is 4.95. The summed E-state index contributed by atoms with van der Waals surface area (Å²) >= 11 is 0. The first kappa shape index (κ1) is 18.7. The summed E-state index contributed by atoms with van der Waals surface area (Å²) in [7, 11) is 0. The Labute approximate surface area is 144 Å². The number of carbonyl (C=O) groups is 3. The van der Waals surface area contributed by atoms with Gasteiger partial charge >= 0.3 is 5.97 Å². The van der Waals surface area contributed by atoms with Gasteiger partial charge in [0.1, 0.15) is 0 Å². The molecule has 2 rings (SSSR count). The van der Waals surface area contributed by atoms with Gasteiger partial charge in [0.05, 0.1) is 5.92 Å². The molecule has 0 spiro atoms. The van der Waals surface area contributed by atoms with Crippen molar-refractivity contribution >= 4 is 17.8 Å². The van der Waals surface area contributed by atoms with Crippen molar-refractivity contribution in [3.8, 4) is 0 Å². The Morgan fingerprint density at radius 2 is 1.88 bits per heavy atom. The van der Waals surface area contributed by atoms with Gasteiger partial charge in [0.15, 0.2) is 6.61 Å². The number of hydrogen-bond donors (Lipinski definition) is 1. The van der Waals surface area contributed by atoms with Gasteiger partial charge in [-0.25, -0.2) is 0 Å². The van der Waals surface area contributed by atoms with E-state index in [-0.39, 0.29) is 36.4 Å². The Bertz CT molecular complexity index is 480. The number of likely N-dealkylation sites (tertiary alicyclic amines) is 1. The van der Waals surface area contributed by atoms with Gasteiger partial charge in [-0.1, -0.05) is 26.7 Å². The summed E-state index contributed by atoms with van der Waals surface area (Å²) in [5.74, 6) is 0.108. The zero-order valence-electron chi connectivity index (χ0n) is 15.0. The molecule has 6 nitrogen and oxygen atoms in total. The van der Waals surface area contributed by atoms with Crippen molar-refractivity contribution < 1.29 is 19.1 Å². The molecule has 4 atom stereocenters. The van der Waals surface area contributed by atoms with Crippen LogP contribution in [-0.4, -0.2) is 48.4 Å². The molecule has 1 aliphatic heterocycles. The molecule has 0 radical (unpaired) electrons. The van der Waals surface area contributed by atoms with Gasteiger partial charge in [-0.2, -0.15) is 0 Å². The summed E-state index contributed by atoms with van der Waals surface area (Å²) in [4.78, 5) is 37.3. The van der Waals surface area contributed by atoms with Crippen LogP contribution in [-0.2, 0) is 19.1 Å². The predicted molar refractivity (Wildman–Crippen MR) is 90.0 cm³/mol. The van der Waals surface area contributed by atoms with Gasteiger partial charge in [-0.05, 0) is 31.1 Å². The second-order valence-corrected chi connectivity index (χ2v) is 7.35. The summed E-state index contributed by atoms with van der Waals surface area (Å²) in [6.07, 6.45) is 4.82. The van der Waals surface area contributed by atoms with Crippen molar-refractivity contribution in [2.45, 2.75) is 58.9 Å². The molecule has 136 valence electrons. The molecule has 24 heavy (non-hydrogen) atoms. The van der Waals surface area contributed by atoms with Crippen LogP contribution in [0.25, 0.3) is 0 Å². The molecule has 1 saturated carbocycles. The average molecular weight is 338 g/mol. The lowest BCUT2D eigenvalue weighted by Crippen LogP contribution is -2.46. The second-order valence-electron chi connectivity index (χ2n) is 7.35. The third-order valence-electron chi connectivity index (χ3n) is 5.60. The van der Waals surface area contributed by atoms with Crippen LogP contribution < -0.4 is 5.32 Å². The highest BCUT2D eigenvalue weighted by molar-refractivity contribution is 5.82. The van der Waals surface area contributed by atoms with E-state index < -0.39 is 0 Å². The van der Waals surface area contributed by atoms with Crippen LogP contribution in [0.5, 0.6) is 0 Å². The Morgan fingerprint density at radius 1 is 1.12 bits per heavy atom. The molecule has 1 saturated heterocycles. The predicted octanol–water partition coefficient (Wildman–Crippen LogP) is 1.73. The number of nitrogens with zero attached hydrogens (tertiary/aromatic N) is 1. The van der Waals surface area contributed by atoms with Crippen LogP contribution in [0.3, 0.4) is 0 Å². The molecule has 1 N–H and O–H groups in total. The lowest BCUT2D eigenvalue weighted by molar-refractivity contribution is -0.155. The third-order valence-corrected chi connectivity index (χ3v) is 5.60. The number of nitrogens with one attached hydrogen (secondary N) is 1. The minimum Gasteiger partial charge on any atom is -0.455 e. The van der Waals surface area contributed by atoms with Crippen LogP contribution >= 0.6 is 0 Å². The second kappa shape index (κ2) is 8.49. The number of hydrogen-bond acceptors (Lipinski definition) is 4. The molecule has 1 aliphatic carbocycles. The van der Waals surface area contributed by atoms with Crippen LogP contribution in [0.4, 0.5) is 0 Å². The number of amides is 2. The monoisotopic (exact) mass is 338 g/mol. The van der Waals surface area contributed by atoms with Gasteiger partial charge in [-0.15, -0.1) is 0 Å². The van der Waals surface area contributed by atoms with E-state index in [1.165, 1.54) is 13.3 Å². The zero-order chi connectivity index (χ0) is 17.7. The van der Waals surface area contributed by atoms with E-state index in [0.29, 0.717) is 31.3 Å². The van der Waals surface area contributed by atoms with E-state index in [4.69, 9.17) is 4.74 Å². The Morgan fingerprint density at radius 3 is 2.58 bits per heavy atom. The van der Waals surface area contributed by atoms with E-state index in [1.807, 2.05) is 0 Å². The molecular weight excluding hydrogens is 308 g/mol. The minimum atomic E-state index is -0.374. The van der Waals surface area contributed by atoms with Crippen molar-refractivity contribution in [3.05, 3.63) is 0 Å². The molecular formula is C18H30N2O4. The highest BCUT2D eigenvalue weighted by Crippen LogP contribution is 2.29. The SMILES string of the molecule is CC(=O)N1CCC[C@H](C(=O)OCC(=O)N[C@@H]2CCC[C@H](C)[C@H]2C)C1. The Hall–Kier alpha value is -1.59. The molecule has 0 unspecified atom stereocenters. The normalized spacial score (nSPS) is 30.5. The maximum atomic E-state index is 12.1. The van der Waals surface area contributed by atoms with Gasteiger partial charge < -0.3 is 15.0 Å². The van der Waals surface area contributed by atoms with Gasteiger partial charge in [0, 0.05) is 26.1 Å². The summed E-state index contributed by atoms with van der Waals surface area (Å²) in [5, 5.41) is 3.00. The van der Waals surface area contributed by atoms with Crippen LogP contribution in [0.15, 0.2) is 0 Å². The largest absolute Gasteiger partial charge is 0.455 e. The summed E-state index contributed by atoms with van der Waals surface area (Å²) in [6, 6.07) is 0.169. The number of carbonyl (C=O) groups excluding carboxylic acids is 3. The molecule has 2 aliphatic rings. The smallest absolute Gasteiger partial charge is 0.311 e. The maximum Gasteiger partial charge on any atom is 0.311 e. The lowest BCUT2D eigenvalue weighted by Gasteiger charge is -2.34. The van der Waals surface area contributed by atoms with Crippen LogP contribution in [0.2, 0.25) is 0 Å². The lowest BCUT2D eigenvalue weighted by atomic mass is 9.78. The summed E-state index contributed by atoms with van der Waals surface area (Å²) < 4.78 is 5.19. The van der Waals surface area contributed by atoms with Gasteiger partial charge in [0.25, 0.3) is 5.91 Å². The van der Waals surface area contributed by atoms with Gasteiger partial charge in [0.2, 0.25) is 5.91 Å². The van der Waals surface area contributed by atoms with Crippen molar-refractivity contribution in [2.75, 3.05) is 19.7 Å².